The van der Waals surface area contributed by atoms with Crippen LogP contribution in [0, 0.1) is 11.3 Å². The number of nitrogens with one attached hydrogen (secondary N) is 2. The van der Waals surface area contributed by atoms with Gasteiger partial charge in [-0.15, -0.1) is 0 Å². The van der Waals surface area contributed by atoms with Crippen molar-refractivity contribution < 1.29 is 13.2 Å². The molecule has 0 saturated heterocycles. The van der Waals surface area contributed by atoms with Crippen molar-refractivity contribution in [1.82, 2.24) is 4.72 Å². The van der Waals surface area contributed by atoms with E-state index in [1.165, 1.54) is 31.3 Å². The van der Waals surface area contributed by atoms with Crippen LogP contribution in [0.5, 0.6) is 0 Å². The molecule has 0 spiro atoms. The van der Waals surface area contributed by atoms with E-state index in [9.17, 15) is 13.2 Å². The first-order valence-corrected chi connectivity index (χ1v) is 8.28. The molecule has 0 fully saturated rings. The van der Waals surface area contributed by atoms with Crippen LogP contribution in [0.15, 0.2) is 47.4 Å². The number of sulfonamides is 1. The maximum Gasteiger partial charge on any atom is 0.257 e. The van der Waals surface area contributed by atoms with Crippen LogP contribution in [0.2, 0.25) is 5.02 Å². The van der Waals surface area contributed by atoms with Crippen LogP contribution in [0.4, 0.5) is 5.69 Å². The Morgan fingerprint density at radius 2 is 1.96 bits per heavy atom. The van der Waals surface area contributed by atoms with Gasteiger partial charge >= 0.3 is 0 Å². The van der Waals surface area contributed by atoms with Gasteiger partial charge in [0.25, 0.3) is 5.91 Å². The number of nitrogens with zero attached hydrogens (tertiary/aromatic N) is 1. The van der Waals surface area contributed by atoms with Gasteiger partial charge in [-0.3, -0.25) is 4.79 Å². The Bertz CT molecular complexity index is 904. The van der Waals surface area contributed by atoms with E-state index in [-0.39, 0.29) is 15.5 Å². The van der Waals surface area contributed by atoms with Gasteiger partial charge in [-0.1, -0.05) is 17.7 Å². The Labute approximate surface area is 138 Å². The van der Waals surface area contributed by atoms with Gasteiger partial charge in [0.05, 0.1) is 27.1 Å². The number of amides is 1. The molecule has 0 aliphatic heterocycles. The summed E-state index contributed by atoms with van der Waals surface area (Å²) >= 11 is 5.98. The fraction of sp³-hybridized carbons (Fsp3) is 0.0667. The van der Waals surface area contributed by atoms with E-state index in [2.05, 4.69) is 10.0 Å². The average Bonchev–Trinajstić information content (AvgIpc) is 2.55. The Morgan fingerprint density at radius 3 is 2.61 bits per heavy atom. The lowest BCUT2D eigenvalue weighted by Gasteiger charge is -2.09. The molecule has 2 N–H and O–H groups in total. The molecule has 0 aliphatic rings. The zero-order valence-corrected chi connectivity index (χ0v) is 13.6. The Hall–Kier alpha value is -2.40. The minimum atomic E-state index is -3.69. The van der Waals surface area contributed by atoms with Crippen molar-refractivity contribution in [2.75, 3.05) is 12.4 Å². The first kappa shape index (κ1) is 17.0. The molecule has 0 radical (unpaired) electrons. The predicted molar refractivity (Wildman–Crippen MR) is 86.8 cm³/mol. The number of halogens is 1. The number of carbonyl (C=O) groups is 1. The molecule has 0 atom stereocenters. The number of hydrogen-bond acceptors (Lipinski definition) is 4. The minimum absolute atomic E-state index is 0.0188. The highest BCUT2D eigenvalue weighted by molar-refractivity contribution is 7.89. The van der Waals surface area contributed by atoms with E-state index in [1.54, 1.807) is 18.2 Å². The number of rotatable bonds is 4. The highest BCUT2D eigenvalue weighted by Gasteiger charge is 2.17. The molecule has 23 heavy (non-hydrogen) atoms. The van der Waals surface area contributed by atoms with Crippen molar-refractivity contribution in [3.8, 4) is 6.07 Å². The number of carbonyl (C=O) groups excluding carboxylic acids is 1. The fourth-order valence-electron chi connectivity index (χ4n) is 1.83. The normalized spacial score (nSPS) is 10.8. The molecule has 6 nitrogen and oxygen atoms in total. The molecule has 0 aromatic heterocycles. The van der Waals surface area contributed by atoms with Gasteiger partial charge in [0.1, 0.15) is 0 Å². The van der Waals surface area contributed by atoms with Crippen LogP contribution in [0.1, 0.15) is 15.9 Å². The SMILES string of the molecule is CNS(=O)(=O)c1ccc(Cl)c(C(=O)Nc2cccc(C#N)c2)c1. The lowest BCUT2D eigenvalue weighted by Crippen LogP contribution is -2.20. The van der Waals surface area contributed by atoms with E-state index in [0.717, 1.165) is 0 Å². The van der Waals surface area contributed by atoms with E-state index >= 15 is 0 Å². The lowest BCUT2D eigenvalue weighted by atomic mass is 10.2. The summed E-state index contributed by atoms with van der Waals surface area (Å²) in [5.41, 5.74) is 0.817. The molecule has 0 aliphatic carbocycles. The third-order valence-electron chi connectivity index (χ3n) is 3.01. The highest BCUT2D eigenvalue weighted by atomic mass is 35.5. The van der Waals surface area contributed by atoms with Gasteiger partial charge in [-0.25, -0.2) is 13.1 Å². The molecule has 0 saturated carbocycles. The van der Waals surface area contributed by atoms with Gasteiger partial charge < -0.3 is 5.32 Å². The molecule has 2 aromatic carbocycles. The Balaban J connectivity index is 2.36. The van der Waals surface area contributed by atoms with Crippen LogP contribution in [-0.2, 0) is 10.0 Å². The van der Waals surface area contributed by atoms with Crippen molar-refractivity contribution >= 4 is 33.2 Å². The average molecular weight is 350 g/mol. The van der Waals surface area contributed by atoms with Crippen LogP contribution in [0.25, 0.3) is 0 Å². The third-order valence-corrected chi connectivity index (χ3v) is 4.75. The van der Waals surface area contributed by atoms with Gasteiger partial charge in [-0.2, -0.15) is 5.26 Å². The Kier molecular flexibility index (Phi) is 5.01. The van der Waals surface area contributed by atoms with Gasteiger partial charge in [0, 0.05) is 5.69 Å². The molecule has 1 amide bonds. The van der Waals surface area contributed by atoms with Crippen molar-refractivity contribution in [3.63, 3.8) is 0 Å². The summed E-state index contributed by atoms with van der Waals surface area (Å²) in [7, 11) is -2.41. The summed E-state index contributed by atoms with van der Waals surface area (Å²) in [5.74, 6) is -0.571. The van der Waals surface area contributed by atoms with Crippen molar-refractivity contribution in [1.29, 1.82) is 5.26 Å². The Morgan fingerprint density at radius 1 is 1.22 bits per heavy atom. The van der Waals surface area contributed by atoms with Crippen molar-refractivity contribution in [2.24, 2.45) is 0 Å². The van der Waals surface area contributed by atoms with Crippen molar-refractivity contribution in [2.45, 2.75) is 4.90 Å². The lowest BCUT2D eigenvalue weighted by molar-refractivity contribution is 0.102. The topological polar surface area (TPSA) is 99.1 Å². The van der Waals surface area contributed by atoms with Crippen LogP contribution in [-0.4, -0.2) is 21.4 Å². The molecule has 2 rings (SSSR count). The molecule has 0 heterocycles. The summed E-state index contributed by atoms with van der Waals surface area (Å²) in [6, 6.07) is 12.1. The van der Waals surface area contributed by atoms with Gasteiger partial charge in [0.15, 0.2) is 0 Å². The second kappa shape index (κ2) is 6.79. The monoisotopic (exact) mass is 349 g/mol. The first-order chi connectivity index (χ1) is 10.9. The van der Waals surface area contributed by atoms with Crippen LogP contribution >= 0.6 is 11.6 Å². The zero-order valence-electron chi connectivity index (χ0n) is 12.0. The first-order valence-electron chi connectivity index (χ1n) is 6.42. The standard InChI is InChI=1S/C15H12ClN3O3S/c1-18-23(21,22)12-5-6-14(16)13(8-12)15(20)19-11-4-2-3-10(7-11)9-17/h2-8,18H,1H3,(H,19,20). The summed E-state index contributed by atoms with van der Waals surface area (Å²) in [6.45, 7) is 0. The maximum atomic E-state index is 12.3. The number of benzene rings is 2. The number of nitriles is 1. The molecular formula is C15H12ClN3O3S. The summed E-state index contributed by atoms with van der Waals surface area (Å²) in [6.07, 6.45) is 0. The summed E-state index contributed by atoms with van der Waals surface area (Å²) in [4.78, 5) is 12.2. The quantitative estimate of drug-likeness (QED) is 0.885. The smallest absolute Gasteiger partial charge is 0.257 e. The molecule has 8 heteroatoms. The highest BCUT2D eigenvalue weighted by Crippen LogP contribution is 2.22. The van der Waals surface area contributed by atoms with E-state index < -0.39 is 15.9 Å². The molecular weight excluding hydrogens is 338 g/mol. The second-order valence-corrected chi connectivity index (χ2v) is 6.79. The third kappa shape index (κ3) is 3.87. The number of hydrogen-bond donors (Lipinski definition) is 2. The minimum Gasteiger partial charge on any atom is -0.322 e. The summed E-state index contributed by atoms with van der Waals surface area (Å²) < 4.78 is 25.8. The zero-order chi connectivity index (χ0) is 17.0. The van der Waals surface area contributed by atoms with E-state index in [1.807, 2.05) is 6.07 Å². The summed E-state index contributed by atoms with van der Waals surface area (Å²) in [5, 5.41) is 11.6. The van der Waals surface area contributed by atoms with Gasteiger partial charge in [0.2, 0.25) is 10.0 Å². The molecule has 2 aromatic rings. The predicted octanol–water partition coefficient (Wildman–Crippen LogP) is 2.37. The van der Waals surface area contributed by atoms with E-state index in [4.69, 9.17) is 16.9 Å². The van der Waals surface area contributed by atoms with E-state index in [0.29, 0.717) is 11.3 Å². The largest absolute Gasteiger partial charge is 0.322 e. The van der Waals surface area contributed by atoms with Crippen LogP contribution in [0.3, 0.4) is 0 Å². The second-order valence-electron chi connectivity index (χ2n) is 4.50. The van der Waals surface area contributed by atoms with Gasteiger partial charge in [-0.05, 0) is 43.4 Å². The number of anilines is 1. The molecule has 0 unspecified atom stereocenters. The van der Waals surface area contributed by atoms with Crippen molar-refractivity contribution in [3.05, 3.63) is 58.6 Å². The molecule has 0 bridgehead atoms. The van der Waals surface area contributed by atoms with Crippen LogP contribution < -0.4 is 10.0 Å². The molecule has 118 valence electrons. The maximum absolute atomic E-state index is 12.3. The fourth-order valence-corrected chi connectivity index (χ4v) is 2.79.